The molecule has 0 rings (SSSR count). The van der Waals surface area contributed by atoms with Gasteiger partial charge in [0.1, 0.15) is 6.29 Å². The summed E-state index contributed by atoms with van der Waals surface area (Å²) in [7, 11) is 1.82. The highest BCUT2D eigenvalue weighted by Crippen LogP contribution is 2.26. The first kappa shape index (κ1) is 12.8. The Hall–Kier alpha value is -0.233. The fraction of sp³-hybridized carbons (Fsp3) is 0.875. The number of rotatable bonds is 7. The first-order valence-electron chi connectivity index (χ1n) is 4.31. The maximum Gasteiger partial charge on any atom is 0.510 e. The van der Waals surface area contributed by atoms with Crippen LogP contribution in [0.1, 0.15) is 19.8 Å². The molecule has 0 fully saturated rings. The van der Waals surface area contributed by atoms with Crippen LogP contribution < -0.4 is 0 Å². The van der Waals surface area contributed by atoms with Gasteiger partial charge >= 0.3 is 8.80 Å². The van der Waals surface area contributed by atoms with Crippen molar-refractivity contribution in [2.24, 2.45) is 0 Å². The van der Waals surface area contributed by atoms with Crippen LogP contribution in [0.5, 0.6) is 0 Å². The molecule has 0 aliphatic carbocycles. The second-order valence-corrected chi connectivity index (χ2v) is 5.92. The molecule has 1 atom stereocenters. The van der Waals surface area contributed by atoms with Gasteiger partial charge in [-0.15, -0.1) is 0 Å². The summed E-state index contributed by atoms with van der Waals surface area (Å²) in [4.78, 5) is 10.8. The quantitative estimate of drug-likeness (QED) is 0.464. The molecule has 0 radical (unpaired) electrons. The Morgan fingerprint density at radius 1 is 1.23 bits per heavy atom. The molecule has 1 unspecified atom stereocenters. The third kappa shape index (κ3) is 2.87. The molecule has 4 nitrogen and oxygen atoms in total. The molecular formula is C8H18O4Si. The number of aldehydes is 1. The molecule has 5 heteroatoms. The van der Waals surface area contributed by atoms with Gasteiger partial charge in [-0.25, -0.2) is 0 Å². The minimum absolute atomic E-state index is 0.252. The number of carbonyl (C=O) groups is 1. The SMILES string of the molecule is CCCC(C=O)[Si](OC)(OC)OC. The Morgan fingerprint density at radius 3 is 1.92 bits per heavy atom. The number of carbonyl (C=O) groups excluding carboxylic acids is 1. The van der Waals surface area contributed by atoms with E-state index >= 15 is 0 Å². The maximum atomic E-state index is 10.8. The smallest absolute Gasteiger partial charge is 0.376 e. The van der Waals surface area contributed by atoms with Gasteiger partial charge in [0.05, 0.1) is 5.54 Å². The fourth-order valence-corrected chi connectivity index (χ4v) is 3.56. The van der Waals surface area contributed by atoms with Crippen LogP contribution >= 0.6 is 0 Å². The summed E-state index contributed by atoms with van der Waals surface area (Å²) < 4.78 is 15.6. The standard InChI is InChI=1S/C8H18O4Si/c1-5-6-8(7-9)13(10-2,11-3)12-4/h7-8H,5-6H2,1-4H3. The summed E-state index contributed by atoms with van der Waals surface area (Å²) >= 11 is 0. The predicted octanol–water partition coefficient (Wildman–Crippen LogP) is 1.23. The molecule has 13 heavy (non-hydrogen) atoms. The summed E-state index contributed by atoms with van der Waals surface area (Å²) in [6, 6.07) is 0. The van der Waals surface area contributed by atoms with Crippen molar-refractivity contribution in [3.63, 3.8) is 0 Å². The van der Waals surface area contributed by atoms with Crippen LogP contribution in [-0.2, 0) is 18.1 Å². The lowest BCUT2D eigenvalue weighted by molar-refractivity contribution is -0.109. The zero-order chi connectivity index (χ0) is 10.3. The van der Waals surface area contributed by atoms with E-state index in [9.17, 15) is 4.79 Å². The molecule has 0 saturated carbocycles. The second kappa shape index (κ2) is 6.26. The van der Waals surface area contributed by atoms with Gasteiger partial charge in [-0.1, -0.05) is 13.3 Å². The summed E-state index contributed by atoms with van der Waals surface area (Å²) in [6.07, 6.45) is 2.52. The van der Waals surface area contributed by atoms with E-state index in [0.717, 1.165) is 19.1 Å². The van der Waals surface area contributed by atoms with Gasteiger partial charge in [0.2, 0.25) is 0 Å². The van der Waals surface area contributed by atoms with Crippen LogP contribution in [0.4, 0.5) is 0 Å². The van der Waals surface area contributed by atoms with Gasteiger partial charge in [-0.3, -0.25) is 0 Å². The van der Waals surface area contributed by atoms with E-state index in [1.54, 1.807) is 0 Å². The van der Waals surface area contributed by atoms with Gasteiger partial charge in [-0.2, -0.15) is 0 Å². The second-order valence-electron chi connectivity index (χ2n) is 2.75. The molecule has 0 spiro atoms. The highest BCUT2D eigenvalue weighted by atomic mass is 28.4. The van der Waals surface area contributed by atoms with E-state index < -0.39 is 8.80 Å². The molecule has 0 aromatic rings. The van der Waals surface area contributed by atoms with E-state index in [4.69, 9.17) is 13.3 Å². The predicted molar refractivity (Wildman–Crippen MR) is 51.5 cm³/mol. The average Bonchev–Trinajstić information content (AvgIpc) is 2.19. The van der Waals surface area contributed by atoms with Crippen molar-refractivity contribution in [3.8, 4) is 0 Å². The summed E-state index contributed by atoms with van der Waals surface area (Å²) in [5.74, 6) is 0. The van der Waals surface area contributed by atoms with Crippen molar-refractivity contribution in [2.45, 2.75) is 25.3 Å². The molecule has 0 bridgehead atoms. The minimum Gasteiger partial charge on any atom is -0.376 e. The topological polar surface area (TPSA) is 44.8 Å². The molecule has 78 valence electrons. The highest BCUT2D eigenvalue weighted by molar-refractivity contribution is 6.65. The van der Waals surface area contributed by atoms with Crippen molar-refractivity contribution in [2.75, 3.05) is 21.3 Å². The Labute approximate surface area is 80.5 Å². The van der Waals surface area contributed by atoms with Crippen LogP contribution in [-0.4, -0.2) is 36.4 Å². The van der Waals surface area contributed by atoms with Crippen LogP contribution in [0.2, 0.25) is 5.54 Å². The zero-order valence-electron chi connectivity index (χ0n) is 8.70. The van der Waals surface area contributed by atoms with Gasteiger partial charge in [-0.05, 0) is 6.42 Å². The molecule has 0 aromatic heterocycles. The van der Waals surface area contributed by atoms with Crippen LogP contribution in [0.25, 0.3) is 0 Å². The largest absolute Gasteiger partial charge is 0.510 e. The van der Waals surface area contributed by atoms with Crippen LogP contribution in [0.15, 0.2) is 0 Å². The lowest BCUT2D eigenvalue weighted by Gasteiger charge is -2.28. The summed E-state index contributed by atoms with van der Waals surface area (Å²) in [5, 5.41) is 0. The first-order chi connectivity index (χ1) is 6.20. The zero-order valence-corrected chi connectivity index (χ0v) is 9.70. The Kier molecular flexibility index (Phi) is 6.14. The van der Waals surface area contributed by atoms with E-state index in [1.807, 2.05) is 6.92 Å². The fourth-order valence-electron chi connectivity index (χ4n) is 1.34. The van der Waals surface area contributed by atoms with Crippen LogP contribution in [0, 0.1) is 0 Å². The molecular weight excluding hydrogens is 188 g/mol. The lowest BCUT2D eigenvalue weighted by Crippen LogP contribution is -2.48. The number of hydrogen-bond acceptors (Lipinski definition) is 4. The average molecular weight is 206 g/mol. The molecule has 0 aliphatic heterocycles. The van der Waals surface area contributed by atoms with Crippen molar-refractivity contribution < 1.29 is 18.1 Å². The van der Waals surface area contributed by atoms with E-state index in [0.29, 0.717) is 0 Å². The van der Waals surface area contributed by atoms with E-state index in [-0.39, 0.29) is 5.54 Å². The highest BCUT2D eigenvalue weighted by Gasteiger charge is 2.46. The summed E-state index contributed by atoms with van der Waals surface area (Å²) in [5.41, 5.74) is -0.252. The molecule has 0 N–H and O–H groups in total. The van der Waals surface area contributed by atoms with Crippen LogP contribution in [0.3, 0.4) is 0 Å². The number of hydrogen-bond donors (Lipinski definition) is 0. The van der Waals surface area contributed by atoms with Crippen molar-refractivity contribution in [1.29, 1.82) is 0 Å². The molecule has 0 aromatic carbocycles. The molecule has 0 heterocycles. The third-order valence-electron chi connectivity index (χ3n) is 2.07. The third-order valence-corrected chi connectivity index (χ3v) is 5.11. The van der Waals surface area contributed by atoms with E-state index in [1.165, 1.54) is 21.3 Å². The molecule has 0 saturated heterocycles. The first-order valence-corrected chi connectivity index (χ1v) is 6.11. The van der Waals surface area contributed by atoms with E-state index in [2.05, 4.69) is 0 Å². The van der Waals surface area contributed by atoms with Gasteiger partial charge in [0, 0.05) is 21.3 Å². The van der Waals surface area contributed by atoms with Crippen molar-refractivity contribution in [3.05, 3.63) is 0 Å². The Balaban J connectivity index is 4.54. The van der Waals surface area contributed by atoms with Gasteiger partial charge in [0.25, 0.3) is 0 Å². The molecule has 0 amide bonds. The molecule has 0 aliphatic rings. The van der Waals surface area contributed by atoms with Gasteiger partial charge < -0.3 is 18.1 Å². The lowest BCUT2D eigenvalue weighted by atomic mass is 10.3. The van der Waals surface area contributed by atoms with Crippen molar-refractivity contribution >= 4 is 15.1 Å². The monoisotopic (exact) mass is 206 g/mol. The minimum atomic E-state index is -2.74. The summed E-state index contributed by atoms with van der Waals surface area (Å²) in [6.45, 7) is 2.01. The van der Waals surface area contributed by atoms with Gasteiger partial charge in [0.15, 0.2) is 0 Å². The normalized spacial score (nSPS) is 14.2. The van der Waals surface area contributed by atoms with Crippen molar-refractivity contribution in [1.82, 2.24) is 0 Å². The Morgan fingerprint density at radius 2 is 1.69 bits per heavy atom. The Bertz CT molecular complexity index is 139. The maximum absolute atomic E-state index is 10.8.